The first-order valence-electron chi connectivity index (χ1n) is 11.6. The molecule has 0 aliphatic heterocycles. The molecule has 0 amide bonds. The fourth-order valence-electron chi connectivity index (χ4n) is 4.77. The van der Waals surface area contributed by atoms with Crippen LogP contribution in [0, 0.1) is 22.7 Å². The predicted octanol–water partition coefficient (Wildman–Crippen LogP) is 7.99. The Kier molecular flexibility index (Phi) is 5.19. The summed E-state index contributed by atoms with van der Waals surface area (Å²) in [4.78, 5) is 0. The molecule has 0 spiro atoms. The largest absolute Gasteiger partial charge is 0.457 e. The second kappa shape index (κ2) is 8.80. The second-order valence-corrected chi connectivity index (χ2v) is 8.46. The third kappa shape index (κ3) is 3.55. The number of hydrogen-bond acceptors (Lipinski definition) is 3. The van der Waals surface area contributed by atoms with Crippen LogP contribution in [0.1, 0.15) is 11.1 Å². The molecule has 0 aliphatic carbocycles. The predicted molar refractivity (Wildman–Crippen MR) is 142 cm³/mol. The molecule has 0 saturated heterocycles. The maximum atomic E-state index is 9.39. The van der Waals surface area contributed by atoms with E-state index in [0.29, 0.717) is 22.6 Å². The van der Waals surface area contributed by atoms with Gasteiger partial charge in [0.2, 0.25) is 0 Å². The molecule has 4 nitrogen and oxygen atoms in total. The van der Waals surface area contributed by atoms with Crippen molar-refractivity contribution in [3.05, 3.63) is 126 Å². The Morgan fingerprint density at radius 2 is 1.22 bits per heavy atom. The molecule has 0 saturated carbocycles. The lowest BCUT2D eigenvalue weighted by Gasteiger charge is -2.15. The molecule has 36 heavy (non-hydrogen) atoms. The minimum Gasteiger partial charge on any atom is -0.457 e. The van der Waals surface area contributed by atoms with Gasteiger partial charge in [-0.15, -0.1) is 0 Å². The Hall–Kier alpha value is -5.32. The monoisotopic (exact) mass is 461 g/mol. The summed E-state index contributed by atoms with van der Waals surface area (Å²) < 4.78 is 8.60. The molecule has 0 unspecified atom stereocenters. The van der Waals surface area contributed by atoms with E-state index in [4.69, 9.17) is 4.74 Å². The molecule has 1 heterocycles. The van der Waals surface area contributed by atoms with Crippen molar-refractivity contribution < 1.29 is 4.74 Å². The lowest BCUT2D eigenvalue weighted by atomic mass is 10.0. The number of ether oxygens (including phenoxy) is 1. The molecule has 0 radical (unpaired) electrons. The molecule has 0 bridgehead atoms. The molecular weight excluding hydrogens is 442 g/mol. The maximum absolute atomic E-state index is 9.39. The Balaban J connectivity index is 1.61. The van der Waals surface area contributed by atoms with E-state index in [9.17, 15) is 10.5 Å². The highest BCUT2D eigenvalue weighted by Gasteiger charge is 2.18. The van der Waals surface area contributed by atoms with Gasteiger partial charge >= 0.3 is 0 Å². The van der Waals surface area contributed by atoms with Gasteiger partial charge < -0.3 is 9.30 Å². The summed E-state index contributed by atoms with van der Waals surface area (Å²) in [5.41, 5.74) is 6.01. The fraction of sp³-hybridized carbons (Fsp3) is 0. The highest BCUT2D eigenvalue weighted by atomic mass is 16.5. The smallest absolute Gasteiger partial charge is 0.135 e. The van der Waals surface area contributed by atoms with Crippen LogP contribution in [-0.4, -0.2) is 4.57 Å². The van der Waals surface area contributed by atoms with Crippen molar-refractivity contribution in [1.29, 1.82) is 10.5 Å². The lowest BCUT2D eigenvalue weighted by Crippen LogP contribution is -1.96. The zero-order chi connectivity index (χ0) is 24.5. The van der Waals surface area contributed by atoms with E-state index in [1.165, 1.54) is 5.39 Å². The van der Waals surface area contributed by atoms with Crippen LogP contribution in [0.2, 0.25) is 0 Å². The van der Waals surface area contributed by atoms with Crippen molar-refractivity contribution in [3.63, 3.8) is 0 Å². The average molecular weight is 462 g/mol. The molecule has 4 heteroatoms. The summed E-state index contributed by atoms with van der Waals surface area (Å²) in [7, 11) is 0. The molecule has 0 aliphatic rings. The number of rotatable bonds is 4. The maximum Gasteiger partial charge on any atom is 0.135 e. The molecule has 6 rings (SSSR count). The number of para-hydroxylation sites is 4. The highest BCUT2D eigenvalue weighted by molar-refractivity contribution is 6.14. The molecule has 168 valence electrons. The minimum absolute atomic E-state index is 0.382. The summed E-state index contributed by atoms with van der Waals surface area (Å²) in [5.74, 6) is 1.10. The van der Waals surface area contributed by atoms with Crippen LogP contribution >= 0.6 is 0 Å². The van der Waals surface area contributed by atoms with Gasteiger partial charge in [0.25, 0.3) is 0 Å². The standard InChI is InChI=1S/C32H19N3O/c33-20-22-17-23(21-34)19-25(18-22)36-31-16-7-5-12-27(31)29-14-8-13-28-26-11-4-6-15-30(26)35(32(28)29)24-9-2-1-3-10-24/h1-19H. The van der Waals surface area contributed by atoms with Gasteiger partial charge in [0.05, 0.1) is 34.3 Å². The minimum atomic E-state index is 0.382. The lowest BCUT2D eigenvalue weighted by molar-refractivity contribution is 0.484. The second-order valence-electron chi connectivity index (χ2n) is 8.46. The van der Waals surface area contributed by atoms with Crippen molar-refractivity contribution in [2.45, 2.75) is 0 Å². The first-order valence-corrected chi connectivity index (χ1v) is 11.6. The molecular formula is C32H19N3O. The van der Waals surface area contributed by atoms with Crippen molar-refractivity contribution >= 4 is 21.8 Å². The van der Waals surface area contributed by atoms with Crippen LogP contribution in [0.5, 0.6) is 11.5 Å². The van der Waals surface area contributed by atoms with Crippen LogP contribution in [-0.2, 0) is 0 Å². The highest BCUT2D eigenvalue weighted by Crippen LogP contribution is 2.41. The first kappa shape index (κ1) is 21.2. The molecule has 6 aromatic rings. The number of hydrogen-bond donors (Lipinski definition) is 0. The van der Waals surface area contributed by atoms with Gasteiger partial charge in [-0.2, -0.15) is 10.5 Å². The third-order valence-corrected chi connectivity index (χ3v) is 6.28. The van der Waals surface area contributed by atoms with Gasteiger partial charge in [0, 0.05) is 27.6 Å². The van der Waals surface area contributed by atoms with Crippen LogP contribution in [0.4, 0.5) is 0 Å². The van der Waals surface area contributed by atoms with Crippen molar-refractivity contribution in [2.75, 3.05) is 0 Å². The van der Waals surface area contributed by atoms with E-state index < -0.39 is 0 Å². The number of fused-ring (bicyclic) bond motifs is 3. The molecule has 5 aromatic carbocycles. The van der Waals surface area contributed by atoms with E-state index in [1.54, 1.807) is 18.2 Å². The van der Waals surface area contributed by atoms with Crippen molar-refractivity contribution in [3.8, 4) is 40.5 Å². The fourth-order valence-corrected chi connectivity index (χ4v) is 4.77. The van der Waals surface area contributed by atoms with Crippen LogP contribution in [0.25, 0.3) is 38.6 Å². The third-order valence-electron chi connectivity index (χ3n) is 6.28. The van der Waals surface area contributed by atoms with Crippen molar-refractivity contribution in [2.24, 2.45) is 0 Å². The van der Waals surface area contributed by atoms with Crippen LogP contribution < -0.4 is 4.74 Å². The first-order chi connectivity index (χ1) is 17.8. The normalized spacial score (nSPS) is 10.7. The number of nitrogens with zero attached hydrogens (tertiary/aromatic N) is 3. The van der Waals surface area contributed by atoms with E-state index >= 15 is 0 Å². The summed E-state index contributed by atoms with van der Waals surface area (Å²) in [6, 6.07) is 42.0. The van der Waals surface area contributed by atoms with E-state index in [-0.39, 0.29) is 0 Å². The van der Waals surface area contributed by atoms with Gasteiger partial charge in [0.1, 0.15) is 11.5 Å². The quantitative estimate of drug-likeness (QED) is 0.267. The van der Waals surface area contributed by atoms with Gasteiger partial charge in [-0.05, 0) is 42.5 Å². The zero-order valence-electron chi connectivity index (χ0n) is 19.2. The number of nitriles is 2. The molecule has 0 atom stereocenters. The van der Waals surface area contributed by atoms with Crippen LogP contribution in [0.15, 0.2) is 115 Å². The molecule has 0 fully saturated rings. The Morgan fingerprint density at radius 1 is 0.583 bits per heavy atom. The summed E-state index contributed by atoms with van der Waals surface area (Å²) in [5, 5.41) is 21.1. The van der Waals surface area contributed by atoms with Gasteiger partial charge in [-0.1, -0.05) is 72.8 Å². The Morgan fingerprint density at radius 3 is 2.00 bits per heavy atom. The van der Waals surface area contributed by atoms with E-state index in [2.05, 4.69) is 71.3 Å². The van der Waals surface area contributed by atoms with Crippen LogP contribution in [0.3, 0.4) is 0 Å². The average Bonchev–Trinajstić information content (AvgIpc) is 3.28. The number of benzene rings is 5. The zero-order valence-corrected chi connectivity index (χ0v) is 19.2. The molecule has 0 N–H and O–H groups in total. The summed E-state index contributed by atoms with van der Waals surface area (Å²) >= 11 is 0. The SMILES string of the molecule is N#Cc1cc(C#N)cc(Oc2ccccc2-c2cccc3c4ccccc4n(-c4ccccc4)c23)c1. The summed E-state index contributed by atoms with van der Waals surface area (Å²) in [6.07, 6.45) is 0. The Bertz CT molecular complexity index is 1800. The number of aromatic nitrogens is 1. The van der Waals surface area contributed by atoms with Gasteiger partial charge in [-0.25, -0.2) is 0 Å². The molecule has 1 aromatic heterocycles. The van der Waals surface area contributed by atoms with Crippen molar-refractivity contribution in [1.82, 2.24) is 4.57 Å². The van der Waals surface area contributed by atoms with E-state index in [0.717, 1.165) is 33.2 Å². The summed E-state index contributed by atoms with van der Waals surface area (Å²) in [6.45, 7) is 0. The van der Waals surface area contributed by atoms with E-state index in [1.807, 2.05) is 42.5 Å². The van der Waals surface area contributed by atoms with Gasteiger partial charge in [0.15, 0.2) is 0 Å². The topological polar surface area (TPSA) is 61.7 Å². The van der Waals surface area contributed by atoms with Gasteiger partial charge in [-0.3, -0.25) is 0 Å². The Labute approximate surface area is 208 Å².